The van der Waals surface area contributed by atoms with Crippen molar-refractivity contribution < 1.29 is 22.7 Å². The van der Waals surface area contributed by atoms with Gasteiger partial charge in [-0.05, 0) is 35.6 Å². The van der Waals surface area contributed by atoms with Crippen LogP contribution in [-0.2, 0) is 12.1 Å². The molecule has 4 aromatic rings. The molecule has 1 atom stereocenters. The summed E-state index contributed by atoms with van der Waals surface area (Å²) in [7, 11) is 0. The molecule has 0 aliphatic heterocycles. The van der Waals surface area contributed by atoms with Crippen LogP contribution in [0.15, 0.2) is 51.9 Å². The Morgan fingerprint density at radius 1 is 1.23 bits per heavy atom. The summed E-state index contributed by atoms with van der Waals surface area (Å²) in [6, 6.07) is 8.32. The molecule has 0 fully saturated rings. The second kappa shape index (κ2) is 7.33. The SMILES string of the molecule is CC[C@](O)(c1cn(Cc2ccc3c(-c4ccns4)cc(=O)oc3c2)nn1)C(F)(F)F. The van der Waals surface area contributed by atoms with Crippen molar-refractivity contribution in [3.8, 4) is 10.4 Å². The van der Waals surface area contributed by atoms with Crippen molar-refractivity contribution in [2.24, 2.45) is 0 Å². The first-order valence-corrected chi connectivity index (χ1v) is 9.66. The topological polar surface area (TPSA) is 94.0 Å². The summed E-state index contributed by atoms with van der Waals surface area (Å²) in [5.74, 6) is 0. The van der Waals surface area contributed by atoms with Gasteiger partial charge in [0.2, 0.25) is 5.60 Å². The van der Waals surface area contributed by atoms with Crippen LogP contribution in [-0.4, -0.2) is 30.7 Å². The Labute approximate surface area is 171 Å². The highest BCUT2D eigenvalue weighted by molar-refractivity contribution is 7.09. The fourth-order valence-electron chi connectivity index (χ4n) is 3.14. The van der Waals surface area contributed by atoms with Crippen molar-refractivity contribution in [1.29, 1.82) is 0 Å². The molecule has 0 saturated carbocycles. The summed E-state index contributed by atoms with van der Waals surface area (Å²) >= 11 is 1.25. The lowest BCUT2D eigenvalue weighted by Gasteiger charge is -2.26. The third kappa shape index (κ3) is 3.50. The average molecular weight is 436 g/mol. The maximum Gasteiger partial charge on any atom is 0.423 e. The van der Waals surface area contributed by atoms with Crippen molar-refractivity contribution in [3.05, 3.63) is 64.4 Å². The molecule has 0 spiro atoms. The molecule has 156 valence electrons. The Bertz CT molecular complexity index is 1250. The fraction of sp³-hybridized carbons (Fsp3) is 0.263. The van der Waals surface area contributed by atoms with Gasteiger partial charge in [-0.2, -0.15) is 13.2 Å². The summed E-state index contributed by atoms with van der Waals surface area (Å²) in [5.41, 5.74) is -2.50. The molecule has 1 aromatic carbocycles. The highest BCUT2D eigenvalue weighted by Crippen LogP contribution is 2.40. The van der Waals surface area contributed by atoms with E-state index in [-0.39, 0.29) is 6.54 Å². The predicted octanol–water partition coefficient (Wildman–Crippen LogP) is 3.72. The van der Waals surface area contributed by atoms with Gasteiger partial charge in [-0.25, -0.2) is 13.8 Å². The van der Waals surface area contributed by atoms with E-state index in [4.69, 9.17) is 4.42 Å². The monoisotopic (exact) mass is 436 g/mol. The van der Waals surface area contributed by atoms with Gasteiger partial charge in [0.05, 0.1) is 17.6 Å². The number of aromatic nitrogens is 4. The minimum absolute atomic E-state index is 0.0785. The van der Waals surface area contributed by atoms with Gasteiger partial charge in [-0.15, -0.1) is 5.10 Å². The molecule has 3 heterocycles. The molecule has 0 saturated heterocycles. The zero-order valence-corrected chi connectivity index (χ0v) is 16.4. The maximum absolute atomic E-state index is 13.2. The second-order valence-electron chi connectivity index (χ2n) is 6.70. The van der Waals surface area contributed by atoms with Gasteiger partial charge in [-0.3, -0.25) is 0 Å². The molecule has 7 nitrogen and oxygen atoms in total. The molecule has 0 bridgehead atoms. The van der Waals surface area contributed by atoms with E-state index < -0.39 is 29.5 Å². The fourth-order valence-corrected chi connectivity index (χ4v) is 3.77. The quantitative estimate of drug-likeness (QED) is 0.480. The summed E-state index contributed by atoms with van der Waals surface area (Å²) in [6.07, 6.45) is -2.76. The summed E-state index contributed by atoms with van der Waals surface area (Å²) in [6.45, 7) is 1.30. The number of halogens is 3. The molecule has 1 N–H and O–H groups in total. The first-order chi connectivity index (χ1) is 14.2. The number of fused-ring (bicyclic) bond motifs is 1. The number of benzene rings is 1. The number of hydrogen-bond acceptors (Lipinski definition) is 7. The standard InChI is InChI=1S/C19H15F3N4O3S/c1-2-18(28,19(20,21)22)16-10-26(25-24-16)9-11-3-4-12-13(15-5-6-23-30-15)8-17(27)29-14(12)7-11/h3-8,10,28H,2,9H2,1H3/t18-/m0/s1. The van der Waals surface area contributed by atoms with E-state index >= 15 is 0 Å². The summed E-state index contributed by atoms with van der Waals surface area (Å²) < 4.78 is 50.2. The minimum Gasteiger partial charge on any atom is -0.423 e. The molecule has 30 heavy (non-hydrogen) atoms. The van der Waals surface area contributed by atoms with Crippen LogP contribution in [0.4, 0.5) is 13.2 Å². The van der Waals surface area contributed by atoms with E-state index in [1.165, 1.54) is 29.2 Å². The zero-order chi connectivity index (χ0) is 21.5. The molecule has 0 aliphatic carbocycles. The average Bonchev–Trinajstić information content (AvgIpc) is 3.38. The lowest BCUT2D eigenvalue weighted by Crippen LogP contribution is -2.42. The van der Waals surface area contributed by atoms with Crippen LogP contribution in [0.5, 0.6) is 0 Å². The van der Waals surface area contributed by atoms with Gasteiger partial charge >= 0.3 is 11.8 Å². The maximum atomic E-state index is 13.2. The van der Waals surface area contributed by atoms with Crippen molar-refractivity contribution in [3.63, 3.8) is 0 Å². The Kier molecular flexibility index (Phi) is 4.94. The Hall–Kier alpha value is -3.05. The first-order valence-electron chi connectivity index (χ1n) is 8.89. The molecule has 0 aliphatic rings. The van der Waals surface area contributed by atoms with Crippen LogP contribution < -0.4 is 5.63 Å². The van der Waals surface area contributed by atoms with E-state index in [0.29, 0.717) is 22.1 Å². The summed E-state index contributed by atoms with van der Waals surface area (Å²) in [4.78, 5) is 12.8. The van der Waals surface area contributed by atoms with Gasteiger partial charge in [0, 0.05) is 23.2 Å². The number of nitrogens with zero attached hydrogens (tertiary/aromatic N) is 4. The normalized spacial score (nSPS) is 14.2. The largest absolute Gasteiger partial charge is 0.423 e. The van der Waals surface area contributed by atoms with Crippen molar-refractivity contribution >= 4 is 22.5 Å². The molecular weight excluding hydrogens is 421 g/mol. The van der Waals surface area contributed by atoms with Crippen LogP contribution in [0.3, 0.4) is 0 Å². The van der Waals surface area contributed by atoms with Crippen LogP contribution in [0.1, 0.15) is 24.6 Å². The molecule has 3 aromatic heterocycles. The van der Waals surface area contributed by atoms with Crippen LogP contribution in [0.2, 0.25) is 0 Å². The van der Waals surface area contributed by atoms with Crippen LogP contribution in [0, 0.1) is 0 Å². The summed E-state index contributed by atoms with van der Waals surface area (Å²) in [5, 5.41) is 17.9. The highest BCUT2D eigenvalue weighted by Gasteiger charge is 2.55. The predicted molar refractivity (Wildman–Crippen MR) is 103 cm³/mol. The van der Waals surface area contributed by atoms with Gasteiger partial charge in [0.15, 0.2) is 0 Å². The van der Waals surface area contributed by atoms with Gasteiger partial charge in [0.25, 0.3) is 0 Å². The lowest BCUT2D eigenvalue weighted by atomic mass is 9.96. The first kappa shape index (κ1) is 20.2. The lowest BCUT2D eigenvalue weighted by molar-refractivity contribution is -0.269. The minimum atomic E-state index is -4.87. The Morgan fingerprint density at radius 3 is 2.70 bits per heavy atom. The Balaban J connectivity index is 1.68. The molecule has 0 unspecified atom stereocenters. The molecule has 0 radical (unpaired) electrons. The number of rotatable bonds is 5. The van der Waals surface area contributed by atoms with E-state index in [1.807, 2.05) is 0 Å². The van der Waals surface area contributed by atoms with Crippen LogP contribution in [0.25, 0.3) is 21.4 Å². The highest BCUT2D eigenvalue weighted by atomic mass is 32.1. The van der Waals surface area contributed by atoms with E-state index in [1.54, 1.807) is 30.5 Å². The smallest absolute Gasteiger partial charge is 0.423 e. The van der Waals surface area contributed by atoms with Crippen LogP contribution >= 0.6 is 11.5 Å². The molecule has 4 rings (SSSR count). The van der Waals surface area contributed by atoms with Gasteiger partial charge in [-0.1, -0.05) is 24.3 Å². The number of hydrogen-bond donors (Lipinski definition) is 1. The zero-order valence-electron chi connectivity index (χ0n) is 15.6. The molecular formula is C19H15F3N4O3S. The third-order valence-electron chi connectivity index (χ3n) is 4.80. The second-order valence-corrected chi connectivity index (χ2v) is 7.53. The number of alkyl halides is 3. The van der Waals surface area contributed by atoms with Gasteiger partial charge in [0.1, 0.15) is 11.3 Å². The van der Waals surface area contributed by atoms with E-state index in [0.717, 1.165) is 11.1 Å². The van der Waals surface area contributed by atoms with Crippen molar-refractivity contribution in [2.45, 2.75) is 31.7 Å². The van der Waals surface area contributed by atoms with E-state index in [9.17, 15) is 23.1 Å². The molecule has 11 heteroatoms. The third-order valence-corrected chi connectivity index (χ3v) is 5.58. The van der Waals surface area contributed by atoms with Gasteiger partial charge < -0.3 is 9.52 Å². The van der Waals surface area contributed by atoms with Crippen molar-refractivity contribution in [2.75, 3.05) is 0 Å². The number of aliphatic hydroxyl groups is 1. The Morgan fingerprint density at radius 2 is 2.03 bits per heavy atom. The van der Waals surface area contributed by atoms with Crippen molar-refractivity contribution in [1.82, 2.24) is 19.4 Å². The molecule has 0 amide bonds. The van der Waals surface area contributed by atoms with E-state index in [2.05, 4.69) is 14.7 Å².